The van der Waals surface area contributed by atoms with Gasteiger partial charge in [0.25, 0.3) is 10.1 Å². The van der Waals surface area contributed by atoms with Crippen LogP contribution in [0, 0.1) is 6.92 Å². The first-order chi connectivity index (χ1) is 9.21. The van der Waals surface area contributed by atoms with E-state index in [4.69, 9.17) is 19.9 Å². The number of hydrogen-bond acceptors (Lipinski definition) is 5. The molecule has 0 radical (unpaired) electrons. The van der Waals surface area contributed by atoms with Crippen molar-refractivity contribution in [1.29, 1.82) is 0 Å². The van der Waals surface area contributed by atoms with Gasteiger partial charge in [-0.15, -0.1) is 0 Å². The third kappa shape index (κ3) is 4.45. The van der Waals surface area contributed by atoms with Crippen molar-refractivity contribution in [3.05, 3.63) is 48.0 Å². The van der Waals surface area contributed by atoms with Crippen LogP contribution in [-0.4, -0.2) is 28.3 Å². The number of rotatable bonds is 1. The van der Waals surface area contributed by atoms with Crippen LogP contribution in [-0.2, 0) is 10.1 Å². The zero-order valence-corrected chi connectivity index (χ0v) is 11.4. The standard InChI is InChI=1S/C7H8O3S.C6H6O3/c1-6-2-4-7(5-3-6)11(8,9)10;7-4-2-1-3-5(8)6(4)9/h2-5H,1H3,(H,8,9,10);1-3,7-9H. The minimum atomic E-state index is -4.02. The molecule has 0 unspecified atom stereocenters. The van der Waals surface area contributed by atoms with Crippen molar-refractivity contribution >= 4 is 10.1 Å². The van der Waals surface area contributed by atoms with E-state index in [1.165, 1.54) is 30.3 Å². The number of phenolic OH excluding ortho intramolecular Hbond substituents is 3. The van der Waals surface area contributed by atoms with Crippen LogP contribution in [0.1, 0.15) is 5.56 Å². The van der Waals surface area contributed by atoms with E-state index < -0.39 is 15.9 Å². The maximum atomic E-state index is 10.5. The van der Waals surface area contributed by atoms with Crippen LogP contribution >= 0.6 is 0 Å². The van der Waals surface area contributed by atoms with Crippen molar-refractivity contribution in [3.63, 3.8) is 0 Å². The Bertz CT molecular complexity index is 656. The van der Waals surface area contributed by atoms with Crippen LogP contribution in [0.4, 0.5) is 0 Å². The number of phenols is 3. The van der Waals surface area contributed by atoms with E-state index in [9.17, 15) is 8.42 Å². The van der Waals surface area contributed by atoms with E-state index in [0.29, 0.717) is 0 Å². The minimum absolute atomic E-state index is 0.0666. The summed E-state index contributed by atoms with van der Waals surface area (Å²) in [6.45, 7) is 1.84. The van der Waals surface area contributed by atoms with Gasteiger partial charge in [0.2, 0.25) is 0 Å². The number of benzene rings is 2. The molecule has 0 atom stereocenters. The number of hydrogen-bond donors (Lipinski definition) is 4. The van der Waals surface area contributed by atoms with Crippen LogP contribution in [0.25, 0.3) is 0 Å². The third-order valence-corrected chi connectivity index (χ3v) is 3.18. The smallest absolute Gasteiger partial charge is 0.294 e. The fraction of sp³-hybridized carbons (Fsp3) is 0.0769. The van der Waals surface area contributed by atoms with Crippen molar-refractivity contribution in [2.45, 2.75) is 11.8 Å². The summed E-state index contributed by atoms with van der Waals surface area (Å²) in [4.78, 5) is -0.0666. The zero-order chi connectivity index (χ0) is 15.3. The second-order valence-electron chi connectivity index (χ2n) is 3.93. The highest BCUT2D eigenvalue weighted by Crippen LogP contribution is 2.32. The lowest BCUT2D eigenvalue weighted by Crippen LogP contribution is -1.96. The van der Waals surface area contributed by atoms with Gasteiger partial charge in [-0.05, 0) is 31.2 Å². The molecule has 20 heavy (non-hydrogen) atoms. The summed E-state index contributed by atoms with van der Waals surface area (Å²) >= 11 is 0. The molecule has 108 valence electrons. The Balaban J connectivity index is 0.000000204. The summed E-state index contributed by atoms with van der Waals surface area (Å²) in [6.07, 6.45) is 0. The van der Waals surface area contributed by atoms with Gasteiger partial charge in [0.15, 0.2) is 17.2 Å². The van der Waals surface area contributed by atoms with E-state index in [-0.39, 0.29) is 16.4 Å². The second-order valence-corrected chi connectivity index (χ2v) is 5.35. The Hall–Kier alpha value is -2.25. The van der Waals surface area contributed by atoms with Gasteiger partial charge < -0.3 is 15.3 Å². The second kappa shape index (κ2) is 6.27. The lowest BCUT2D eigenvalue weighted by molar-refractivity contribution is 0.368. The van der Waals surface area contributed by atoms with E-state index in [2.05, 4.69) is 0 Å². The van der Waals surface area contributed by atoms with E-state index >= 15 is 0 Å². The van der Waals surface area contributed by atoms with Crippen molar-refractivity contribution in [3.8, 4) is 17.2 Å². The summed E-state index contributed by atoms with van der Waals surface area (Å²) in [7, 11) is -4.02. The SMILES string of the molecule is Cc1ccc(S(=O)(=O)O)cc1.Oc1cccc(O)c1O. The molecule has 0 fully saturated rings. The maximum absolute atomic E-state index is 10.5. The Morgan fingerprint density at radius 2 is 1.30 bits per heavy atom. The lowest BCUT2D eigenvalue weighted by Gasteiger charge is -1.96. The van der Waals surface area contributed by atoms with Crippen LogP contribution in [0.3, 0.4) is 0 Å². The van der Waals surface area contributed by atoms with Crippen molar-refractivity contribution in [1.82, 2.24) is 0 Å². The molecule has 4 N–H and O–H groups in total. The van der Waals surface area contributed by atoms with Gasteiger partial charge in [-0.2, -0.15) is 8.42 Å². The molecule has 2 aromatic carbocycles. The molecule has 0 aromatic heterocycles. The van der Waals surface area contributed by atoms with Gasteiger partial charge in [-0.25, -0.2) is 0 Å². The number of aryl methyl sites for hydroxylation is 1. The van der Waals surface area contributed by atoms with Crippen LogP contribution in [0.2, 0.25) is 0 Å². The minimum Gasteiger partial charge on any atom is -0.504 e. The molecule has 2 aromatic rings. The fourth-order valence-electron chi connectivity index (χ4n) is 1.23. The molecule has 7 heteroatoms. The Labute approximate surface area is 116 Å². The monoisotopic (exact) mass is 298 g/mol. The Morgan fingerprint density at radius 3 is 1.65 bits per heavy atom. The molecule has 0 bridgehead atoms. The maximum Gasteiger partial charge on any atom is 0.294 e. The molecule has 6 nitrogen and oxygen atoms in total. The summed E-state index contributed by atoms with van der Waals surface area (Å²) in [5, 5.41) is 26.1. The van der Waals surface area contributed by atoms with Gasteiger partial charge in [0.05, 0.1) is 4.90 Å². The highest BCUT2D eigenvalue weighted by atomic mass is 32.2. The van der Waals surface area contributed by atoms with Crippen molar-refractivity contribution in [2.24, 2.45) is 0 Å². The Morgan fingerprint density at radius 1 is 0.850 bits per heavy atom. The van der Waals surface area contributed by atoms with E-state index in [1.54, 1.807) is 12.1 Å². The average Bonchev–Trinajstić information content (AvgIpc) is 2.36. The quantitative estimate of drug-likeness (QED) is 0.473. The molecule has 0 amide bonds. The highest BCUT2D eigenvalue weighted by Gasteiger charge is 2.06. The lowest BCUT2D eigenvalue weighted by atomic mass is 10.2. The molecule has 0 aliphatic heterocycles. The topological polar surface area (TPSA) is 115 Å². The molecule has 2 rings (SSSR count). The first kappa shape index (κ1) is 15.8. The highest BCUT2D eigenvalue weighted by molar-refractivity contribution is 7.85. The van der Waals surface area contributed by atoms with Crippen molar-refractivity contribution in [2.75, 3.05) is 0 Å². The van der Waals surface area contributed by atoms with Crippen molar-refractivity contribution < 1.29 is 28.3 Å². The van der Waals surface area contributed by atoms with Crippen LogP contribution in [0.5, 0.6) is 17.2 Å². The molecule has 0 saturated heterocycles. The summed E-state index contributed by atoms with van der Waals surface area (Å²) < 4.78 is 29.6. The summed E-state index contributed by atoms with van der Waals surface area (Å²) in [6, 6.07) is 10.00. The molecular formula is C13H14O6S. The van der Waals surface area contributed by atoms with Gasteiger partial charge in [-0.1, -0.05) is 23.8 Å². The first-order valence-corrected chi connectivity index (χ1v) is 6.90. The van der Waals surface area contributed by atoms with Gasteiger partial charge in [0.1, 0.15) is 0 Å². The van der Waals surface area contributed by atoms with Crippen LogP contribution < -0.4 is 0 Å². The molecule has 0 aliphatic rings. The summed E-state index contributed by atoms with van der Waals surface area (Å²) in [5.74, 6) is -1.09. The van der Waals surface area contributed by atoms with Gasteiger partial charge in [0, 0.05) is 0 Å². The molecule has 0 heterocycles. The normalized spacial score (nSPS) is 10.5. The predicted molar refractivity (Wildman–Crippen MR) is 72.4 cm³/mol. The van der Waals surface area contributed by atoms with E-state index in [1.807, 2.05) is 6.92 Å². The van der Waals surface area contributed by atoms with Gasteiger partial charge >= 0.3 is 0 Å². The number of aromatic hydroxyl groups is 3. The molecule has 0 aliphatic carbocycles. The molecule has 0 spiro atoms. The Kier molecular flexibility index (Phi) is 4.95. The van der Waals surface area contributed by atoms with Gasteiger partial charge in [-0.3, -0.25) is 4.55 Å². The third-order valence-electron chi connectivity index (χ3n) is 2.31. The zero-order valence-electron chi connectivity index (χ0n) is 10.6. The summed E-state index contributed by atoms with van der Waals surface area (Å²) in [5.41, 5.74) is 0.956. The molecular weight excluding hydrogens is 284 g/mol. The van der Waals surface area contributed by atoms with Crippen LogP contribution in [0.15, 0.2) is 47.4 Å². The average molecular weight is 298 g/mol. The number of para-hydroxylation sites is 1. The fourth-order valence-corrected chi connectivity index (χ4v) is 1.71. The molecule has 0 saturated carbocycles. The first-order valence-electron chi connectivity index (χ1n) is 5.46. The predicted octanol–water partition coefficient (Wildman–Crippen LogP) is 2.05. The van der Waals surface area contributed by atoms with E-state index in [0.717, 1.165) is 5.56 Å². The largest absolute Gasteiger partial charge is 0.504 e.